The molecule has 1 aromatic heterocycles. The number of benzene rings is 2. The van der Waals surface area contributed by atoms with E-state index in [-0.39, 0.29) is 29.2 Å². The molecule has 2 heterocycles. The van der Waals surface area contributed by atoms with Crippen LogP contribution in [0.2, 0.25) is 0 Å². The summed E-state index contributed by atoms with van der Waals surface area (Å²) in [6.07, 6.45) is 2.25. The van der Waals surface area contributed by atoms with Crippen LogP contribution in [-0.2, 0) is 14.6 Å². The quantitative estimate of drug-likeness (QED) is 0.549. The first-order chi connectivity index (χ1) is 15.0. The van der Waals surface area contributed by atoms with Gasteiger partial charge < -0.3 is 10.1 Å². The third-order valence-electron chi connectivity index (χ3n) is 5.06. The fourth-order valence-electron chi connectivity index (χ4n) is 3.60. The Bertz CT molecular complexity index is 1180. The van der Waals surface area contributed by atoms with Crippen molar-refractivity contribution < 1.29 is 17.9 Å². The predicted molar refractivity (Wildman–Crippen MR) is 121 cm³/mol. The van der Waals surface area contributed by atoms with Gasteiger partial charge in [-0.15, -0.1) is 0 Å². The van der Waals surface area contributed by atoms with Crippen molar-refractivity contribution in [3.8, 4) is 22.7 Å². The molecule has 1 amide bonds. The van der Waals surface area contributed by atoms with Gasteiger partial charge in [0, 0.05) is 11.6 Å². The molecule has 1 atom stereocenters. The van der Waals surface area contributed by atoms with Crippen molar-refractivity contribution in [1.82, 2.24) is 14.9 Å². The molecule has 9 heteroatoms. The van der Waals surface area contributed by atoms with E-state index in [4.69, 9.17) is 4.74 Å². The number of nitrogens with one attached hydrogen (secondary N) is 1. The number of methoxy groups -OCH3 is 1. The highest BCUT2D eigenvalue weighted by Gasteiger charge is 2.29. The number of para-hydroxylation sites is 2. The predicted octanol–water partition coefficient (Wildman–Crippen LogP) is 2.94. The standard InChI is InChI=1S/C22H23N3O4S2/c1-29-20-10-6-5-9-18(20)25-19(16-7-3-2-4-8-16)13-23-22(25)30-14-21(26)24-17-11-12-31(27,28)15-17/h2-10,13,17H,11-12,14-15H2,1H3,(H,24,26). The largest absolute Gasteiger partial charge is 0.495 e. The van der Waals surface area contributed by atoms with E-state index >= 15 is 0 Å². The number of amides is 1. The fourth-order valence-corrected chi connectivity index (χ4v) is 6.07. The molecular formula is C22H23N3O4S2. The molecule has 1 unspecified atom stereocenters. The summed E-state index contributed by atoms with van der Waals surface area (Å²) in [5, 5.41) is 3.47. The van der Waals surface area contributed by atoms with E-state index < -0.39 is 9.84 Å². The van der Waals surface area contributed by atoms with Crippen molar-refractivity contribution in [2.24, 2.45) is 0 Å². The van der Waals surface area contributed by atoms with Gasteiger partial charge in [-0.1, -0.05) is 54.2 Å². The Hall–Kier alpha value is -2.78. The monoisotopic (exact) mass is 457 g/mol. The van der Waals surface area contributed by atoms with Crippen LogP contribution >= 0.6 is 11.8 Å². The summed E-state index contributed by atoms with van der Waals surface area (Å²) in [7, 11) is -1.42. The molecule has 1 aliphatic rings. The number of sulfone groups is 1. The van der Waals surface area contributed by atoms with Gasteiger partial charge in [-0.3, -0.25) is 9.36 Å². The first-order valence-electron chi connectivity index (χ1n) is 9.86. The van der Waals surface area contributed by atoms with Crippen molar-refractivity contribution >= 4 is 27.5 Å². The van der Waals surface area contributed by atoms with E-state index in [1.807, 2.05) is 59.2 Å². The molecule has 0 aliphatic carbocycles. The summed E-state index contributed by atoms with van der Waals surface area (Å²) in [5.41, 5.74) is 2.70. The molecule has 31 heavy (non-hydrogen) atoms. The lowest BCUT2D eigenvalue weighted by Gasteiger charge is -2.15. The number of hydrogen-bond donors (Lipinski definition) is 1. The van der Waals surface area contributed by atoms with E-state index in [1.165, 1.54) is 11.8 Å². The van der Waals surface area contributed by atoms with E-state index in [0.29, 0.717) is 17.3 Å². The zero-order chi connectivity index (χ0) is 21.8. The smallest absolute Gasteiger partial charge is 0.230 e. The topological polar surface area (TPSA) is 90.3 Å². The first-order valence-corrected chi connectivity index (χ1v) is 12.7. The van der Waals surface area contributed by atoms with Crippen LogP contribution in [0.4, 0.5) is 0 Å². The first kappa shape index (κ1) is 21.5. The highest BCUT2D eigenvalue weighted by Crippen LogP contribution is 2.33. The minimum atomic E-state index is -3.04. The van der Waals surface area contributed by atoms with Crippen LogP contribution in [0.25, 0.3) is 16.9 Å². The Kier molecular flexibility index (Phi) is 6.33. The van der Waals surface area contributed by atoms with E-state index in [1.54, 1.807) is 13.3 Å². The molecule has 0 radical (unpaired) electrons. The summed E-state index contributed by atoms with van der Waals surface area (Å²) in [4.78, 5) is 17.0. The lowest BCUT2D eigenvalue weighted by molar-refractivity contribution is -0.119. The second-order valence-electron chi connectivity index (χ2n) is 7.26. The Morgan fingerprint density at radius 3 is 2.65 bits per heavy atom. The molecule has 0 spiro atoms. The zero-order valence-electron chi connectivity index (χ0n) is 17.0. The van der Waals surface area contributed by atoms with Crippen LogP contribution < -0.4 is 10.1 Å². The number of imidazole rings is 1. The van der Waals surface area contributed by atoms with Crippen LogP contribution in [0.3, 0.4) is 0 Å². The molecule has 1 N–H and O–H groups in total. The molecule has 4 rings (SSSR count). The van der Waals surface area contributed by atoms with Crippen molar-refractivity contribution in [2.75, 3.05) is 24.4 Å². The number of ether oxygens (including phenoxy) is 1. The lowest BCUT2D eigenvalue weighted by Crippen LogP contribution is -2.36. The average molecular weight is 458 g/mol. The second-order valence-corrected chi connectivity index (χ2v) is 10.4. The summed E-state index contributed by atoms with van der Waals surface area (Å²) in [5.74, 6) is 0.765. The number of nitrogens with zero attached hydrogens (tertiary/aromatic N) is 2. The van der Waals surface area contributed by atoms with Gasteiger partial charge in [-0.2, -0.15) is 0 Å². The van der Waals surface area contributed by atoms with Crippen LogP contribution in [0, 0.1) is 0 Å². The van der Waals surface area contributed by atoms with Crippen molar-refractivity contribution in [1.29, 1.82) is 0 Å². The number of aromatic nitrogens is 2. The molecular weight excluding hydrogens is 434 g/mol. The molecule has 0 bridgehead atoms. The van der Waals surface area contributed by atoms with Gasteiger partial charge in [0.25, 0.3) is 0 Å². The molecule has 0 saturated carbocycles. The van der Waals surface area contributed by atoms with Crippen molar-refractivity contribution in [3.63, 3.8) is 0 Å². The van der Waals surface area contributed by atoms with Gasteiger partial charge >= 0.3 is 0 Å². The number of carbonyl (C=O) groups excluding carboxylic acids is 1. The minimum absolute atomic E-state index is 0.0113. The third kappa shape index (κ3) is 4.94. The minimum Gasteiger partial charge on any atom is -0.495 e. The number of thioether (sulfide) groups is 1. The summed E-state index contributed by atoms with van der Waals surface area (Å²) in [6, 6.07) is 17.2. The Morgan fingerprint density at radius 1 is 1.19 bits per heavy atom. The molecule has 1 saturated heterocycles. The van der Waals surface area contributed by atoms with Gasteiger partial charge in [0.1, 0.15) is 5.75 Å². The van der Waals surface area contributed by atoms with Crippen LogP contribution in [0.1, 0.15) is 6.42 Å². The molecule has 1 fully saturated rings. The molecule has 162 valence electrons. The number of carbonyl (C=O) groups is 1. The number of rotatable bonds is 7. The summed E-state index contributed by atoms with van der Waals surface area (Å²) >= 11 is 1.30. The molecule has 1 aliphatic heterocycles. The highest BCUT2D eigenvalue weighted by atomic mass is 32.2. The van der Waals surface area contributed by atoms with Gasteiger partial charge in [0.05, 0.1) is 41.9 Å². The maximum atomic E-state index is 12.4. The SMILES string of the molecule is COc1ccccc1-n1c(-c2ccccc2)cnc1SCC(=O)NC1CCS(=O)(=O)C1. The highest BCUT2D eigenvalue weighted by molar-refractivity contribution is 7.99. The Labute approximate surface area is 185 Å². The van der Waals surface area contributed by atoms with Crippen molar-refractivity contribution in [2.45, 2.75) is 17.6 Å². The Balaban J connectivity index is 1.59. The summed E-state index contributed by atoms with van der Waals surface area (Å²) < 4.78 is 30.8. The molecule has 3 aromatic rings. The van der Waals surface area contributed by atoms with Crippen molar-refractivity contribution in [3.05, 3.63) is 60.8 Å². The third-order valence-corrected chi connectivity index (χ3v) is 7.78. The van der Waals surface area contributed by atoms with E-state index in [0.717, 1.165) is 16.9 Å². The zero-order valence-corrected chi connectivity index (χ0v) is 18.7. The number of hydrogen-bond acceptors (Lipinski definition) is 6. The fraction of sp³-hybridized carbons (Fsp3) is 0.273. The van der Waals surface area contributed by atoms with Gasteiger partial charge in [0.15, 0.2) is 15.0 Å². The average Bonchev–Trinajstić information content (AvgIpc) is 3.35. The van der Waals surface area contributed by atoms with Crippen LogP contribution in [0.15, 0.2) is 66.0 Å². The molecule has 7 nitrogen and oxygen atoms in total. The normalized spacial score (nSPS) is 17.4. The van der Waals surface area contributed by atoms with Crippen LogP contribution in [0.5, 0.6) is 5.75 Å². The maximum Gasteiger partial charge on any atom is 0.230 e. The maximum absolute atomic E-state index is 12.4. The van der Waals surface area contributed by atoms with E-state index in [2.05, 4.69) is 10.3 Å². The lowest BCUT2D eigenvalue weighted by atomic mass is 10.1. The van der Waals surface area contributed by atoms with Gasteiger partial charge in [0.2, 0.25) is 5.91 Å². The second kappa shape index (κ2) is 9.15. The van der Waals surface area contributed by atoms with E-state index in [9.17, 15) is 13.2 Å². The van der Waals surface area contributed by atoms with Gasteiger partial charge in [-0.25, -0.2) is 13.4 Å². The van der Waals surface area contributed by atoms with Gasteiger partial charge in [-0.05, 0) is 18.6 Å². The Morgan fingerprint density at radius 2 is 1.94 bits per heavy atom. The van der Waals surface area contributed by atoms with Crippen LogP contribution in [-0.4, -0.2) is 54.3 Å². The summed E-state index contributed by atoms with van der Waals surface area (Å²) in [6.45, 7) is 0. The molecule has 2 aromatic carbocycles.